The fourth-order valence-electron chi connectivity index (χ4n) is 3.71. The maximum atomic E-state index is 13.0. The first-order chi connectivity index (χ1) is 15.0. The topological polar surface area (TPSA) is 76.1 Å². The number of ether oxygens (including phenoxy) is 1. The van der Waals surface area contributed by atoms with Gasteiger partial charge in [0.25, 0.3) is 0 Å². The van der Waals surface area contributed by atoms with Crippen molar-refractivity contribution >= 4 is 44.7 Å². The Morgan fingerprint density at radius 3 is 2.71 bits per heavy atom. The summed E-state index contributed by atoms with van der Waals surface area (Å²) in [5.74, 6) is 0.555. The summed E-state index contributed by atoms with van der Waals surface area (Å²) in [5, 5.41) is 4.93. The van der Waals surface area contributed by atoms with Gasteiger partial charge >= 0.3 is 0 Å². The first-order valence-electron chi connectivity index (χ1n) is 10.3. The summed E-state index contributed by atoms with van der Waals surface area (Å²) < 4.78 is 21.5. The minimum absolute atomic E-state index is 0.384. The summed E-state index contributed by atoms with van der Waals surface area (Å²) in [6, 6.07) is 9.61. The highest BCUT2D eigenvalue weighted by Crippen LogP contribution is 2.37. The van der Waals surface area contributed by atoms with E-state index < -0.39 is 11.0 Å². The molecule has 2 heterocycles. The summed E-state index contributed by atoms with van der Waals surface area (Å²) in [6.45, 7) is 2.01. The molecule has 1 aliphatic rings. The Hall–Kier alpha value is -2.16. The average molecular weight is 477 g/mol. The maximum Gasteiger partial charge on any atom is 0.183 e. The Morgan fingerprint density at radius 1 is 1.19 bits per heavy atom. The third-order valence-electron chi connectivity index (χ3n) is 5.29. The minimum Gasteiger partial charge on any atom is -0.495 e. The molecule has 31 heavy (non-hydrogen) atoms. The van der Waals surface area contributed by atoms with Crippen LogP contribution in [0.15, 0.2) is 41.4 Å². The van der Waals surface area contributed by atoms with Gasteiger partial charge in [0.15, 0.2) is 16.1 Å². The van der Waals surface area contributed by atoms with Crippen LogP contribution in [0, 0.1) is 6.92 Å². The zero-order valence-electron chi connectivity index (χ0n) is 17.5. The summed E-state index contributed by atoms with van der Waals surface area (Å²) >= 11 is 7.47. The lowest BCUT2D eigenvalue weighted by molar-refractivity contribution is 0.404. The van der Waals surface area contributed by atoms with Crippen molar-refractivity contribution in [3.8, 4) is 16.2 Å². The van der Waals surface area contributed by atoms with E-state index in [0.717, 1.165) is 21.3 Å². The quantitative estimate of drug-likeness (QED) is 0.405. The van der Waals surface area contributed by atoms with Crippen LogP contribution in [0.3, 0.4) is 0 Å². The number of methoxy groups -OCH3 is 1. The molecule has 3 aromatic rings. The second-order valence-corrected chi connectivity index (χ2v) is 10.1. The van der Waals surface area contributed by atoms with Crippen LogP contribution in [0.25, 0.3) is 10.4 Å². The fraction of sp³-hybridized carbons (Fsp3) is 0.364. The molecule has 1 unspecified atom stereocenters. The largest absolute Gasteiger partial charge is 0.495 e. The van der Waals surface area contributed by atoms with Gasteiger partial charge in [-0.3, -0.25) is 4.72 Å². The number of nitrogens with one attached hydrogen (secondary N) is 2. The molecule has 0 amide bonds. The molecule has 2 aromatic heterocycles. The van der Waals surface area contributed by atoms with E-state index in [1.807, 2.05) is 25.1 Å². The van der Waals surface area contributed by atoms with Crippen LogP contribution in [0.1, 0.15) is 37.8 Å². The monoisotopic (exact) mass is 476 g/mol. The number of hydrogen-bond acceptors (Lipinski definition) is 6. The molecule has 1 saturated carbocycles. The molecule has 4 rings (SSSR count). The third-order valence-corrected chi connectivity index (χ3v) is 7.79. The molecule has 6 nitrogen and oxygen atoms in total. The minimum atomic E-state index is -1.53. The molecule has 164 valence electrons. The molecule has 0 radical (unpaired) electrons. The zero-order chi connectivity index (χ0) is 21.8. The molecule has 1 aliphatic carbocycles. The van der Waals surface area contributed by atoms with Gasteiger partial charge in [0.2, 0.25) is 0 Å². The molecule has 0 spiro atoms. The number of aromatic nitrogens is 2. The summed E-state index contributed by atoms with van der Waals surface area (Å²) in [5.41, 5.74) is 2.54. The number of nitrogens with zero attached hydrogens (tertiary/aromatic N) is 2. The predicted molar refractivity (Wildman–Crippen MR) is 129 cm³/mol. The van der Waals surface area contributed by atoms with Gasteiger partial charge in [0.05, 0.1) is 29.6 Å². The van der Waals surface area contributed by atoms with Gasteiger partial charge in [0, 0.05) is 6.04 Å². The Bertz CT molecular complexity index is 1070. The van der Waals surface area contributed by atoms with E-state index in [4.69, 9.17) is 21.3 Å². The number of thiazole rings is 1. The highest BCUT2D eigenvalue weighted by atomic mass is 35.5. The highest BCUT2D eigenvalue weighted by molar-refractivity contribution is 7.86. The number of rotatable bonds is 7. The molecular weight excluding hydrogens is 452 g/mol. The number of hydrogen-bond donors (Lipinski definition) is 2. The van der Waals surface area contributed by atoms with Crippen molar-refractivity contribution < 1.29 is 8.95 Å². The van der Waals surface area contributed by atoms with Gasteiger partial charge in [-0.1, -0.05) is 42.2 Å². The van der Waals surface area contributed by atoms with Crippen molar-refractivity contribution in [1.29, 1.82) is 0 Å². The van der Waals surface area contributed by atoms with E-state index in [0.29, 0.717) is 27.5 Å². The number of anilines is 2. The summed E-state index contributed by atoms with van der Waals surface area (Å²) in [6.07, 6.45) is 7.83. The van der Waals surface area contributed by atoms with Crippen molar-refractivity contribution in [3.63, 3.8) is 0 Å². The van der Waals surface area contributed by atoms with E-state index >= 15 is 0 Å². The Balaban J connectivity index is 1.58. The lowest BCUT2D eigenvalue weighted by Gasteiger charge is -2.22. The van der Waals surface area contributed by atoms with Crippen molar-refractivity contribution in [1.82, 2.24) is 9.97 Å². The van der Waals surface area contributed by atoms with Crippen molar-refractivity contribution in [3.05, 3.63) is 47.4 Å². The Kier molecular flexibility index (Phi) is 7.09. The van der Waals surface area contributed by atoms with Gasteiger partial charge in [-0.05, 0) is 55.7 Å². The Morgan fingerprint density at radius 2 is 2.00 bits per heavy atom. The van der Waals surface area contributed by atoms with Gasteiger partial charge < -0.3 is 10.1 Å². The maximum absolute atomic E-state index is 13.0. The van der Waals surface area contributed by atoms with Gasteiger partial charge in [-0.25, -0.2) is 14.2 Å². The van der Waals surface area contributed by atoms with Gasteiger partial charge in [-0.15, -0.1) is 0 Å². The van der Waals surface area contributed by atoms with Crippen LogP contribution in [0.2, 0.25) is 5.15 Å². The predicted octanol–water partition coefficient (Wildman–Crippen LogP) is 6.05. The van der Waals surface area contributed by atoms with E-state index in [-0.39, 0.29) is 0 Å². The third kappa shape index (κ3) is 5.37. The number of aryl methyl sites for hydroxylation is 1. The molecule has 0 saturated heterocycles. The molecule has 0 aliphatic heterocycles. The molecule has 0 bridgehead atoms. The molecule has 9 heteroatoms. The molecule has 2 N–H and O–H groups in total. The number of pyridine rings is 1. The highest BCUT2D eigenvalue weighted by Gasteiger charge is 2.19. The van der Waals surface area contributed by atoms with E-state index in [9.17, 15) is 4.21 Å². The second kappa shape index (κ2) is 9.97. The molecule has 1 aromatic carbocycles. The smallest absolute Gasteiger partial charge is 0.183 e. The van der Waals surface area contributed by atoms with Crippen LogP contribution in [0.4, 0.5) is 10.8 Å². The molecule has 1 atom stereocenters. The van der Waals surface area contributed by atoms with Crippen LogP contribution in [0.5, 0.6) is 5.75 Å². The first-order valence-corrected chi connectivity index (χ1v) is 12.6. The van der Waals surface area contributed by atoms with Crippen LogP contribution in [-0.4, -0.2) is 27.3 Å². The van der Waals surface area contributed by atoms with Crippen molar-refractivity contribution in [2.24, 2.45) is 0 Å². The second-order valence-electron chi connectivity index (χ2n) is 7.52. The van der Waals surface area contributed by atoms with E-state index in [1.54, 1.807) is 36.8 Å². The standard InChI is InChI=1S/C22H25ClN4O2S2/c1-14-21(30-22(25-14)26-16-6-4-3-5-7-16)15-8-10-18(29-2)19(12-15)31(28)27-17-9-11-20(23)24-13-17/h8-13,16,27H,3-7H2,1-2H3,(H,25,26). The SMILES string of the molecule is COc1ccc(-c2sc(NC3CCCCC3)nc2C)cc1S(=O)Nc1ccc(Cl)nc1. The zero-order valence-corrected chi connectivity index (χ0v) is 19.9. The number of benzene rings is 1. The van der Waals surface area contributed by atoms with Crippen molar-refractivity contribution in [2.45, 2.75) is 50.0 Å². The molecule has 1 fully saturated rings. The molecular formula is C22H25ClN4O2S2. The fourth-order valence-corrected chi connectivity index (χ4v) is 5.87. The lowest BCUT2D eigenvalue weighted by atomic mass is 9.96. The first kappa shape index (κ1) is 22.0. The number of halogens is 1. The van der Waals surface area contributed by atoms with Crippen LogP contribution < -0.4 is 14.8 Å². The van der Waals surface area contributed by atoms with E-state index in [1.165, 1.54) is 32.1 Å². The normalized spacial score (nSPS) is 15.5. The van der Waals surface area contributed by atoms with Gasteiger partial charge in [-0.2, -0.15) is 0 Å². The van der Waals surface area contributed by atoms with Crippen LogP contribution in [-0.2, 0) is 11.0 Å². The van der Waals surface area contributed by atoms with Gasteiger partial charge in [0.1, 0.15) is 15.8 Å². The lowest BCUT2D eigenvalue weighted by Crippen LogP contribution is -2.21. The van der Waals surface area contributed by atoms with Crippen LogP contribution >= 0.6 is 22.9 Å². The van der Waals surface area contributed by atoms with Crippen molar-refractivity contribution in [2.75, 3.05) is 17.1 Å². The Labute approximate surface area is 194 Å². The summed E-state index contributed by atoms with van der Waals surface area (Å²) in [7, 11) is 0.0417. The summed E-state index contributed by atoms with van der Waals surface area (Å²) in [4.78, 5) is 10.4. The average Bonchev–Trinajstić information content (AvgIpc) is 3.15. The van der Waals surface area contributed by atoms with E-state index in [2.05, 4.69) is 15.0 Å².